The van der Waals surface area contributed by atoms with Crippen LogP contribution in [0.1, 0.15) is 13.2 Å². The number of anilines is 1. The molecule has 0 spiro atoms. The Labute approximate surface area is 102 Å². The van der Waals surface area contributed by atoms with Crippen LogP contribution >= 0.6 is 0 Å². The lowest BCUT2D eigenvalue weighted by atomic mass is 10.1. The van der Waals surface area contributed by atoms with Gasteiger partial charge >= 0.3 is 0 Å². The summed E-state index contributed by atoms with van der Waals surface area (Å²) < 4.78 is 7.05. The first-order valence-electron chi connectivity index (χ1n) is 5.54. The maximum atomic E-state index is 9.93. The van der Waals surface area contributed by atoms with Gasteiger partial charge in [-0.15, -0.1) is 0 Å². The van der Waals surface area contributed by atoms with E-state index >= 15 is 0 Å². The number of ether oxygens (including phenoxy) is 1. The van der Waals surface area contributed by atoms with Gasteiger partial charge in [0.15, 0.2) is 17.7 Å². The summed E-state index contributed by atoms with van der Waals surface area (Å²) in [6, 6.07) is 0. The molecule has 0 bridgehead atoms. The van der Waals surface area contributed by atoms with E-state index in [1.165, 1.54) is 12.7 Å². The van der Waals surface area contributed by atoms with Gasteiger partial charge in [0.05, 0.1) is 12.4 Å². The van der Waals surface area contributed by atoms with E-state index in [4.69, 9.17) is 10.5 Å². The van der Waals surface area contributed by atoms with E-state index in [0.29, 0.717) is 11.2 Å². The minimum Gasteiger partial charge on any atom is -0.388 e. The molecule has 1 fully saturated rings. The normalized spacial score (nSPS) is 32.2. The number of nitrogens with two attached hydrogens (primary N) is 1. The summed E-state index contributed by atoms with van der Waals surface area (Å²) in [4.78, 5) is 12.0. The highest BCUT2D eigenvalue weighted by Gasteiger charge is 2.41. The second-order valence-corrected chi connectivity index (χ2v) is 4.30. The van der Waals surface area contributed by atoms with Crippen LogP contribution in [-0.2, 0) is 4.74 Å². The zero-order valence-corrected chi connectivity index (χ0v) is 9.63. The second kappa shape index (κ2) is 3.87. The molecule has 96 valence electrons. The molecule has 8 nitrogen and oxygen atoms in total. The monoisotopic (exact) mass is 251 g/mol. The van der Waals surface area contributed by atoms with Gasteiger partial charge in [0.25, 0.3) is 0 Å². The average Bonchev–Trinajstić information content (AvgIpc) is 2.88. The van der Waals surface area contributed by atoms with Gasteiger partial charge in [-0.25, -0.2) is 15.0 Å². The molecule has 3 rings (SSSR count). The number of aromatic nitrogens is 4. The number of nitrogens with zero attached hydrogens (tertiary/aromatic N) is 4. The topological polar surface area (TPSA) is 119 Å². The van der Waals surface area contributed by atoms with Gasteiger partial charge in [-0.1, -0.05) is 0 Å². The van der Waals surface area contributed by atoms with Crippen LogP contribution in [0, 0.1) is 0 Å². The quantitative estimate of drug-likeness (QED) is 0.597. The molecule has 8 heteroatoms. The third-order valence-electron chi connectivity index (χ3n) is 3.14. The van der Waals surface area contributed by atoms with Crippen molar-refractivity contribution in [3.63, 3.8) is 0 Å². The molecular weight excluding hydrogens is 238 g/mol. The standard InChI is InChI=1S/C10H13N5O3/c1-4-6(16)7(17)10(18-4)15-3-14-5-8(11)12-2-13-9(5)15/h2-4,6-7,10,16-17H,1H3,(H2,11,12,13)/t4-,6+,7+,10+/m0/s1. The zero-order chi connectivity index (χ0) is 12.9. The van der Waals surface area contributed by atoms with Crippen LogP contribution in [0.4, 0.5) is 5.82 Å². The Morgan fingerprint density at radius 3 is 2.72 bits per heavy atom. The summed E-state index contributed by atoms with van der Waals surface area (Å²) in [6.07, 6.45) is -0.373. The van der Waals surface area contributed by atoms with Crippen molar-refractivity contribution < 1.29 is 14.9 Å². The summed E-state index contributed by atoms with van der Waals surface area (Å²) in [5.74, 6) is 0.264. The largest absolute Gasteiger partial charge is 0.388 e. The Hall–Kier alpha value is -1.77. The Morgan fingerprint density at radius 2 is 2.06 bits per heavy atom. The van der Waals surface area contributed by atoms with Crippen molar-refractivity contribution in [2.45, 2.75) is 31.5 Å². The molecule has 0 aliphatic carbocycles. The van der Waals surface area contributed by atoms with Crippen LogP contribution in [0.5, 0.6) is 0 Å². The van der Waals surface area contributed by atoms with Gasteiger partial charge in [-0.05, 0) is 6.92 Å². The SMILES string of the molecule is C[C@@H]1O[C@@H](n2cnc3c(N)ncnc32)[C@H](O)[C@@H]1O. The molecule has 0 unspecified atom stereocenters. The van der Waals surface area contributed by atoms with Crippen LogP contribution < -0.4 is 5.73 Å². The summed E-state index contributed by atoms with van der Waals surface area (Å²) in [6.45, 7) is 1.69. The minimum atomic E-state index is -1.03. The van der Waals surface area contributed by atoms with E-state index in [1.54, 1.807) is 11.5 Å². The average molecular weight is 251 g/mol. The van der Waals surface area contributed by atoms with Crippen molar-refractivity contribution in [1.29, 1.82) is 0 Å². The Morgan fingerprint density at radius 1 is 1.28 bits per heavy atom. The second-order valence-electron chi connectivity index (χ2n) is 4.30. The molecule has 1 aliphatic rings. The molecule has 2 aromatic rings. The number of fused-ring (bicyclic) bond motifs is 1. The summed E-state index contributed by atoms with van der Waals surface area (Å²) in [5.41, 5.74) is 6.59. The van der Waals surface area contributed by atoms with Crippen LogP contribution in [0.3, 0.4) is 0 Å². The smallest absolute Gasteiger partial charge is 0.167 e. The van der Waals surface area contributed by atoms with E-state index in [0.717, 1.165) is 0 Å². The summed E-state index contributed by atoms with van der Waals surface area (Å²) >= 11 is 0. The number of hydrogen-bond acceptors (Lipinski definition) is 7. The van der Waals surface area contributed by atoms with E-state index in [2.05, 4.69) is 15.0 Å². The minimum absolute atomic E-state index is 0.264. The molecule has 0 amide bonds. The van der Waals surface area contributed by atoms with Crippen molar-refractivity contribution in [3.8, 4) is 0 Å². The molecule has 4 atom stereocenters. The van der Waals surface area contributed by atoms with Gasteiger partial charge < -0.3 is 20.7 Å². The van der Waals surface area contributed by atoms with Gasteiger partial charge in [0.1, 0.15) is 24.1 Å². The van der Waals surface area contributed by atoms with Crippen molar-refractivity contribution >= 4 is 17.0 Å². The molecule has 1 aliphatic heterocycles. The predicted molar refractivity (Wildman–Crippen MR) is 61.3 cm³/mol. The third kappa shape index (κ3) is 1.47. The van der Waals surface area contributed by atoms with Gasteiger partial charge in [0, 0.05) is 0 Å². The lowest BCUT2D eigenvalue weighted by Crippen LogP contribution is -2.30. The van der Waals surface area contributed by atoms with Crippen LogP contribution in [0.25, 0.3) is 11.2 Å². The fourth-order valence-corrected chi connectivity index (χ4v) is 2.11. The van der Waals surface area contributed by atoms with Crippen LogP contribution in [0.2, 0.25) is 0 Å². The number of nitrogen functional groups attached to an aromatic ring is 1. The first kappa shape index (κ1) is 11.3. The zero-order valence-electron chi connectivity index (χ0n) is 9.63. The van der Waals surface area contributed by atoms with Crippen LogP contribution in [-0.4, -0.2) is 48.0 Å². The first-order valence-corrected chi connectivity index (χ1v) is 5.54. The third-order valence-corrected chi connectivity index (χ3v) is 3.14. The van der Waals surface area contributed by atoms with Gasteiger partial charge in [-0.3, -0.25) is 4.57 Å². The molecular formula is C10H13N5O3. The highest BCUT2D eigenvalue weighted by atomic mass is 16.6. The maximum Gasteiger partial charge on any atom is 0.167 e. The Balaban J connectivity index is 2.08. The van der Waals surface area contributed by atoms with E-state index in [9.17, 15) is 10.2 Å². The molecule has 18 heavy (non-hydrogen) atoms. The maximum absolute atomic E-state index is 9.93. The molecule has 1 saturated heterocycles. The molecule has 0 saturated carbocycles. The first-order chi connectivity index (χ1) is 8.59. The number of aliphatic hydroxyl groups excluding tert-OH is 2. The number of rotatable bonds is 1. The fraction of sp³-hybridized carbons (Fsp3) is 0.500. The fourth-order valence-electron chi connectivity index (χ4n) is 2.11. The van der Waals surface area contributed by atoms with E-state index in [-0.39, 0.29) is 5.82 Å². The predicted octanol–water partition coefficient (Wildman–Crippen LogP) is -0.952. The van der Waals surface area contributed by atoms with Crippen molar-refractivity contribution in [3.05, 3.63) is 12.7 Å². The number of aliphatic hydroxyl groups is 2. The van der Waals surface area contributed by atoms with Crippen molar-refractivity contribution in [2.75, 3.05) is 5.73 Å². The lowest BCUT2D eigenvalue weighted by Gasteiger charge is -2.16. The molecule has 3 heterocycles. The molecule has 0 radical (unpaired) electrons. The molecule has 2 aromatic heterocycles. The summed E-state index contributed by atoms with van der Waals surface area (Å²) in [7, 11) is 0. The number of hydrogen-bond donors (Lipinski definition) is 3. The van der Waals surface area contributed by atoms with Gasteiger partial charge in [0.2, 0.25) is 0 Å². The Kier molecular flexibility index (Phi) is 2.44. The molecule has 4 N–H and O–H groups in total. The number of imidazole rings is 1. The molecule has 0 aromatic carbocycles. The summed E-state index contributed by atoms with van der Waals surface area (Å²) in [5, 5.41) is 19.6. The van der Waals surface area contributed by atoms with Gasteiger partial charge in [-0.2, -0.15) is 0 Å². The van der Waals surface area contributed by atoms with Crippen LogP contribution in [0.15, 0.2) is 12.7 Å². The van der Waals surface area contributed by atoms with Crippen molar-refractivity contribution in [2.24, 2.45) is 0 Å². The highest BCUT2D eigenvalue weighted by Crippen LogP contribution is 2.31. The Bertz CT molecular complexity index is 586. The van der Waals surface area contributed by atoms with E-state index in [1.807, 2.05) is 0 Å². The highest BCUT2D eigenvalue weighted by molar-refractivity contribution is 5.81. The van der Waals surface area contributed by atoms with Crippen molar-refractivity contribution in [1.82, 2.24) is 19.5 Å². The lowest BCUT2D eigenvalue weighted by molar-refractivity contribution is -0.0299. The van der Waals surface area contributed by atoms with E-state index < -0.39 is 24.5 Å².